The predicted molar refractivity (Wildman–Crippen MR) is 126 cm³/mol. The summed E-state index contributed by atoms with van der Waals surface area (Å²) in [7, 11) is 0. The van der Waals surface area contributed by atoms with Gasteiger partial charge < -0.3 is 15.2 Å². The van der Waals surface area contributed by atoms with E-state index in [1.807, 2.05) is 6.92 Å². The van der Waals surface area contributed by atoms with Gasteiger partial charge >= 0.3 is 12.1 Å². The van der Waals surface area contributed by atoms with Crippen LogP contribution in [0, 0.1) is 0 Å². The van der Waals surface area contributed by atoms with E-state index in [-0.39, 0.29) is 31.1 Å². The van der Waals surface area contributed by atoms with Crippen LogP contribution < -0.4 is 10.1 Å². The van der Waals surface area contributed by atoms with Crippen LogP contribution in [0.15, 0.2) is 72.8 Å². The average molecular weight is 486 g/mol. The number of carboxylic acids is 1. The molecule has 0 radical (unpaired) electrons. The number of nitrogens with one attached hydrogen (secondary N) is 1. The molecule has 35 heavy (non-hydrogen) atoms. The summed E-state index contributed by atoms with van der Waals surface area (Å²) in [6.45, 7) is 2.08. The number of carbonyl (C=O) groups excluding carboxylic acids is 1. The van der Waals surface area contributed by atoms with Crippen molar-refractivity contribution >= 4 is 11.9 Å². The van der Waals surface area contributed by atoms with Crippen LogP contribution in [-0.2, 0) is 11.0 Å². The van der Waals surface area contributed by atoms with Crippen LogP contribution >= 0.6 is 0 Å². The van der Waals surface area contributed by atoms with E-state index >= 15 is 0 Å². The van der Waals surface area contributed by atoms with Gasteiger partial charge in [-0.05, 0) is 53.4 Å². The van der Waals surface area contributed by atoms with Gasteiger partial charge in [-0.25, -0.2) is 0 Å². The summed E-state index contributed by atoms with van der Waals surface area (Å²) in [5, 5.41) is 11.1. The fourth-order valence-corrected chi connectivity index (χ4v) is 3.65. The number of hydrogen-bond donors (Lipinski definition) is 2. The Morgan fingerprint density at radius 3 is 2.29 bits per heavy atom. The summed E-state index contributed by atoms with van der Waals surface area (Å²) in [4.78, 5) is 22.6. The van der Waals surface area contributed by atoms with Crippen LogP contribution in [0.25, 0.3) is 11.1 Å². The van der Waals surface area contributed by atoms with Crippen molar-refractivity contribution in [1.29, 1.82) is 0 Å². The minimum atomic E-state index is -4.50. The number of rotatable bonds is 10. The second-order valence-corrected chi connectivity index (χ2v) is 8.01. The SMILES string of the molecule is CCC(COc1ccc(C(=O)NCCC(=O)O)cc1)c1ccc(-c2ccccc2)c(C(F)(F)F)c1. The maximum Gasteiger partial charge on any atom is 0.417 e. The van der Waals surface area contributed by atoms with E-state index in [1.165, 1.54) is 12.1 Å². The molecular weight excluding hydrogens is 459 g/mol. The Labute approximate surface area is 201 Å². The quantitative estimate of drug-likeness (QED) is 0.361. The first-order valence-electron chi connectivity index (χ1n) is 11.2. The van der Waals surface area contributed by atoms with E-state index in [0.717, 1.165) is 0 Å². The molecule has 2 N–H and O–H groups in total. The van der Waals surface area contributed by atoms with Crippen molar-refractivity contribution < 1.29 is 32.6 Å². The number of carbonyl (C=O) groups is 2. The highest BCUT2D eigenvalue weighted by Crippen LogP contribution is 2.39. The van der Waals surface area contributed by atoms with Crippen molar-refractivity contribution in [3.8, 4) is 16.9 Å². The Balaban J connectivity index is 1.70. The molecule has 1 unspecified atom stereocenters. The molecule has 1 atom stereocenters. The number of halogens is 3. The van der Waals surface area contributed by atoms with Gasteiger partial charge in [0, 0.05) is 18.0 Å². The third kappa shape index (κ3) is 7.09. The fourth-order valence-electron chi connectivity index (χ4n) is 3.65. The van der Waals surface area contributed by atoms with Gasteiger partial charge in [-0.1, -0.05) is 49.4 Å². The minimum absolute atomic E-state index is 0.0214. The lowest BCUT2D eigenvalue weighted by Gasteiger charge is -2.20. The van der Waals surface area contributed by atoms with E-state index in [2.05, 4.69) is 5.32 Å². The van der Waals surface area contributed by atoms with Gasteiger partial charge in [-0.2, -0.15) is 13.2 Å². The molecule has 0 spiro atoms. The van der Waals surface area contributed by atoms with Crippen molar-refractivity contribution in [2.45, 2.75) is 31.9 Å². The second-order valence-electron chi connectivity index (χ2n) is 8.01. The highest BCUT2D eigenvalue weighted by atomic mass is 19.4. The molecule has 1 amide bonds. The molecule has 8 heteroatoms. The van der Waals surface area contributed by atoms with Crippen LogP contribution in [0.5, 0.6) is 5.75 Å². The molecule has 0 aliphatic rings. The van der Waals surface area contributed by atoms with E-state index in [4.69, 9.17) is 9.84 Å². The number of carboxylic acid groups (broad SMARTS) is 1. The third-order valence-corrected chi connectivity index (χ3v) is 5.59. The Morgan fingerprint density at radius 1 is 1.00 bits per heavy atom. The summed E-state index contributed by atoms with van der Waals surface area (Å²) in [5.74, 6) is -1.19. The lowest BCUT2D eigenvalue weighted by atomic mass is 9.91. The van der Waals surface area contributed by atoms with Crippen LogP contribution in [-0.4, -0.2) is 30.1 Å². The second kappa shape index (κ2) is 11.6. The molecular formula is C27H26F3NO4. The van der Waals surface area contributed by atoms with E-state index < -0.39 is 23.6 Å². The molecule has 0 aromatic heterocycles. The maximum atomic E-state index is 13.9. The summed E-state index contributed by atoms with van der Waals surface area (Å²) >= 11 is 0. The normalized spacial score (nSPS) is 12.1. The molecule has 0 saturated carbocycles. The zero-order valence-corrected chi connectivity index (χ0v) is 19.1. The van der Waals surface area contributed by atoms with Crippen LogP contribution in [0.1, 0.15) is 47.2 Å². The highest BCUT2D eigenvalue weighted by Gasteiger charge is 2.34. The van der Waals surface area contributed by atoms with E-state index in [1.54, 1.807) is 60.7 Å². The number of amides is 1. The van der Waals surface area contributed by atoms with E-state index in [9.17, 15) is 22.8 Å². The topological polar surface area (TPSA) is 75.6 Å². The van der Waals surface area contributed by atoms with Gasteiger partial charge in [-0.15, -0.1) is 0 Å². The lowest BCUT2D eigenvalue weighted by molar-refractivity contribution is -0.137. The summed E-state index contributed by atoms with van der Waals surface area (Å²) in [6.07, 6.45) is -4.10. The van der Waals surface area contributed by atoms with Crippen molar-refractivity contribution in [3.05, 3.63) is 89.5 Å². The number of benzene rings is 3. The molecule has 184 valence electrons. The molecule has 0 aliphatic carbocycles. The van der Waals surface area contributed by atoms with Crippen LogP contribution in [0.4, 0.5) is 13.2 Å². The first kappa shape index (κ1) is 25.8. The molecule has 0 saturated heterocycles. The molecule has 0 heterocycles. The zero-order chi connectivity index (χ0) is 25.4. The molecule has 0 fully saturated rings. The monoisotopic (exact) mass is 485 g/mol. The van der Waals surface area contributed by atoms with Crippen LogP contribution in [0.3, 0.4) is 0 Å². The minimum Gasteiger partial charge on any atom is -0.493 e. The largest absolute Gasteiger partial charge is 0.493 e. The van der Waals surface area contributed by atoms with Gasteiger partial charge in [0.05, 0.1) is 18.6 Å². The van der Waals surface area contributed by atoms with Crippen molar-refractivity contribution in [2.24, 2.45) is 0 Å². The molecule has 0 aliphatic heterocycles. The maximum absolute atomic E-state index is 13.9. The Hall–Kier alpha value is -3.81. The van der Waals surface area contributed by atoms with Gasteiger partial charge in [0.2, 0.25) is 0 Å². The van der Waals surface area contributed by atoms with Gasteiger partial charge in [-0.3, -0.25) is 9.59 Å². The number of hydrogen-bond acceptors (Lipinski definition) is 3. The van der Waals surface area contributed by atoms with Gasteiger partial charge in [0.1, 0.15) is 5.75 Å². The highest BCUT2D eigenvalue weighted by molar-refractivity contribution is 5.94. The Bertz CT molecular complexity index is 1150. The molecule has 3 aromatic carbocycles. The standard InChI is InChI=1S/C27H26F3NO4/c1-2-18(17-35-22-11-8-20(9-12-22)26(34)31-15-14-25(32)33)21-10-13-23(19-6-4-3-5-7-19)24(16-21)27(28,29)30/h3-13,16,18H,2,14-15,17H2,1H3,(H,31,34)(H,32,33). The summed E-state index contributed by atoms with van der Waals surface area (Å²) < 4.78 is 47.4. The Morgan fingerprint density at radius 2 is 1.69 bits per heavy atom. The number of alkyl halides is 3. The predicted octanol–water partition coefficient (Wildman–Crippen LogP) is 6.15. The molecule has 3 aromatic rings. The number of ether oxygens (including phenoxy) is 1. The summed E-state index contributed by atoms with van der Waals surface area (Å²) in [6, 6.07) is 19.2. The average Bonchev–Trinajstić information content (AvgIpc) is 2.84. The van der Waals surface area contributed by atoms with Gasteiger partial charge in [0.15, 0.2) is 0 Å². The van der Waals surface area contributed by atoms with E-state index in [0.29, 0.717) is 28.9 Å². The van der Waals surface area contributed by atoms with Crippen molar-refractivity contribution in [3.63, 3.8) is 0 Å². The smallest absolute Gasteiger partial charge is 0.417 e. The fraction of sp³-hybridized carbons (Fsp3) is 0.259. The molecule has 3 rings (SSSR count). The molecule has 0 bridgehead atoms. The van der Waals surface area contributed by atoms with Crippen molar-refractivity contribution in [2.75, 3.05) is 13.2 Å². The Kier molecular flexibility index (Phi) is 8.52. The molecule has 5 nitrogen and oxygen atoms in total. The van der Waals surface area contributed by atoms with Crippen molar-refractivity contribution in [1.82, 2.24) is 5.32 Å². The first-order chi connectivity index (χ1) is 16.7. The van der Waals surface area contributed by atoms with Gasteiger partial charge in [0.25, 0.3) is 5.91 Å². The third-order valence-electron chi connectivity index (χ3n) is 5.59. The first-order valence-corrected chi connectivity index (χ1v) is 11.2. The zero-order valence-electron chi connectivity index (χ0n) is 19.1. The lowest BCUT2D eigenvalue weighted by Crippen LogP contribution is -2.25. The van der Waals surface area contributed by atoms with Crippen LogP contribution in [0.2, 0.25) is 0 Å². The summed E-state index contributed by atoms with van der Waals surface area (Å²) in [5.41, 5.74) is 0.838. The number of aliphatic carboxylic acids is 1.